The summed E-state index contributed by atoms with van der Waals surface area (Å²) in [7, 11) is 1.89. The summed E-state index contributed by atoms with van der Waals surface area (Å²) < 4.78 is 7.25. The highest BCUT2D eigenvalue weighted by Gasteiger charge is 2.28. The van der Waals surface area contributed by atoms with E-state index in [0.29, 0.717) is 31.9 Å². The standard InChI is InChI=1S/C16H25N3O3/c1-12-6-7-13(17(12)5)14(20)18-8-10-19(11-9-18)15(21)22-16(2,3)4/h6-7H,8-11H2,1-5H3. The van der Waals surface area contributed by atoms with E-state index < -0.39 is 5.60 Å². The molecule has 0 spiro atoms. The van der Waals surface area contributed by atoms with Crippen molar-refractivity contribution in [2.75, 3.05) is 26.2 Å². The molecule has 0 radical (unpaired) electrons. The van der Waals surface area contributed by atoms with E-state index in [0.717, 1.165) is 5.69 Å². The Labute approximate surface area is 131 Å². The number of nitrogens with zero attached hydrogens (tertiary/aromatic N) is 3. The lowest BCUT2D eigenvalue weighted by Gasteiger charge is -2.35. The van der Waals surface area contributed by atoms with Crippen LogP contribution in [-0.4, -0.2) is 58.1 Å². The van der Waals surface area contributed by atoms with Gasteiger partial charge in [0.1, 0.15) is 11.3 Å². The molecule has 6 heteroatoms. The van der Waals surface area contributed by atoms with Crippen molar-refractivity contribution in [3.8, 4) is 0 Å². The Morgan fingerprint density at radius 3 is 2.05 bits per heavy atom. The van der Waals surface area contributed by atoms with E-state index in [2.05, 4.69) is 0 Å². The summed E-state index contributed by atoms with van der Waals surface area (Å²) in [5.41, 5.74) is 1.24. The van der Waals surface area contributed by atoms with Gasteiger partial charge in [0, 0.05) is 38.9 Å². The van der Waals surface area contributed by atoms with Gasteiger partial charge in [-0.2, -0.15) is 0 Å². The predicted octanol–water partition coefficient (Wildman–Crippen LogP) is 2.03. The number of carbonyl (C=O) groups is 2. The molecular formula is C16H25N3O3. The fraction of sp³-hybridized carbons (Fsp3) is 0.625. The molecule has 2 amide bonds. The van der Waals surface area contributed by atoms with Crippen LogP contribution in [0.4, 0.5) is 4.79 Å². The summed E-state index contributed by atoms with van der Waals surface area (Å²) in [6.45, 7) is 9.59. The zero-order valence-electron chi connectivity index (χ0n) is 14.0. The van der Waals surface area contributed by atoms with Gasteiger partial charge >= 0.3 is 6.09 Å². The van der Waals surface area contributed by atoms with Crippen LogP contribution in [0.1, 0.15) is 37.0 Å². The first kappa shape index (κ1) is 16.4. The minimum absolute atomic E-state index is 0.0134. The third kappa shape index (κ3) is 3.61. The lowest BCUT2D eigenvalue weighted by atomic mass is 10.2. The highest BCUT2D eigenvalue weighted by Crippen LogP contribution is 2.14. The third-order valence-corrected chi connectivity index (χ3v) is 3.81. The number of ether oxygens (including phenoxy) is 1. The molecule has 1 aliphatic rings. The van der Waals surface area contributed by atoms with Crippen LogP contribution in [0, 0.1) is 6.92 Å². The van der Waals surface area contributed by atoms with E-state index in [4.69, 9.17) is 4.74 Å². The van der Waals surface area contributed by atoms with Gasteiger partial charge in [0.2, 0.25) is 0 Å². The topological polar surface area (TPSA) is 54.8 Å². The van der Waals surface area contributed by atoms with Crippen molar-refractivity contribution in [3.05, 3.63) is 23.5 Å². The molecule has 1 aliphatic heterocycles. The molecule has 0 saturated carbocycles. The van der Waals surface area contributed by atoms with E-state index in [1.165, 1.54) is 0 Å². The monoisotopic (exact) mass is 307 g/mol. The van der Waals surface area contributed by atoms with Crippen LogP contribution in [0.15, 0.2) is 12.1 Å². The molecule has 0 aromatic carbocycles. The zero-order chi connectivity index (χ0) is 16.5. The van der Waals surface area contributed by atoms with Crippen molar-refractivity contribution >= 4 is 12.0 Å². The Balaban J connectivity index is 1.93. The lowest BCUT2D eigenvalue weighted by molar-refractivity contribution is 0.0139. The van der Waals surface area contributed by atoms with Gasteiger partial charge in [-0.3, -0.25) is 4.79 Å². The second-order valence-corrected chi connectivity index (χ2v) is 6.68. The van der Waals surface area contributed by atoms with Crippen LogP contribution < -0.4 is 0 Å². The van der Waals surface area contributed by atoms with Gasteiger partial charge in [-0.05, 0) is 39.8 Å². The second kappa shape index (κ2) is 6.02. The molecule has 1 saturated heterocycles. The summed E-state index contributed by atoms with van der Waals surface area (Å²) in [5, 5.41) is 0. The maximum Gasteiger partial charge on any atom is 0.410 e. The average molecular weight is 307 g/mol. The minimum atomic E-state index is -0.495. The molecule has 1 fully saturated rings. The fourth-order valence-corrected chi connectivity index (χ4v) is 2.41. The lowest BCUT2D eigenvalue weighted by Crippen LogP contribution is -2.51. The van der Waals surface area contributed by atoms with E-state index in [1.54, 1.807) is 9.80 Å². The first-order valence-electron chi connectivity index (χ1n) is 7.58. The summed E-state index contributed by atoms with van der Waals surface area (Å²) in [6.07, 6.45) is -0.311. The molecule has 1 aromatic rings. The Bertz CT molecular complexity index is 564. The largest absolute Gasteiger partial charge is 0.444 e. The highest BCUT2D eigenvalue weighted by atomic mass is 16.6. The van der Waals surface area contributed by atoms with Crippen LogP contribution in [-0.2, 0) is 11.8 Å². The van der Waals surface area contributed by atoms with Crippen LogP contribution in [0.25, 0.3) is 0 Å². The number of aromatic nitrogens is 1. The van der Waals surface area contributed by atoms with E-state index in [1.807, 2.05) is 51.4 Å². The number of hydrogen-bond acceptors (Lipinski definition) is 3. The van der Waals surface area contributed by atoms with Gasteiger partial charge in [0.15, 0.2) is 0 Å². The van der Waals surface area contributed by atoms with Crippen molar-refractivity contribution < 1.29 is 14.3 Å². The van der Waals surface area contributed by atoms with E-state index in [-0.39, 0.29) is 12.0 Å². The average Bonchev–Trinajstić information content (AvgIpc) is 2.76. The van der Waals surface area contributed by atoms with Crippen LogP contribution in [0.5, 0.6) is 0 Å². The van der Waals surface area contributed by atoms with Gasteiger partial charge in [-0.1, -0.05) is 0 Å². The Morgan fingerprint density at radius 2 is 1.59 bits per heavy atom. The number of hydrogen-bond donors (Lipinski definition) is 0. The molecule has 0 bridgehead atoms. The summed E-state index contributed by atoms with van der Waals surface area (Å²) in [5.74, 6) is 0.0134. The Morgan fingerprint density at radius 1 is 1.05 bits per heavy atom. The third-order valence-electron chi connectivity index (χ3n) is 3.81. The maximum absolute atomic E-state index is 12.5. The maximum atomic E-state index is 12.5. The first-order valence-corrected chi connectivity index (χ1v) is 7.58. The molecular weight excluding hydrogens is 282 g/mol. The number of carbonyl (C=O) groups excluding carboxylic acids is 2. The number of amides is 2. The molecule has 0 aliphatic carbocycles. The van der Waals surface area contributed by atoms with Gasteiger partial charge < -0.3 is 19.1 Å². The number of piperazine rings is 1. The van der Waals surface area contributed by atoms with E-state index in [9.17, 15) is 9.59 Å². The molecule has 0 atom stereocenters. The number of rotatable bonds is 1. The summed E-state index contributed by atoms with van der Waals surface area (Å²) in [4.78, 5) is 28.0. The van der Waals surface area contributed by atoms with Crippen molar-refractivity contribution in [2.45, 2.75) is 33.3 Å². The quantitative estimate of drug-likeness (QED) is 0.797. The molecule has 22 heavy (non-hydrogen) atoms. The molecule has 0 unspecified atom stereocenters. The summed E-state index contributed by atoms with van der Waals surface area (Å²) in [6, 6.07) is 3.78. The molecule has 0 N–H and O–H groups in total. The molecule has 2 rings (SSSR count). The second-order valence-electron chi connectivity index (χ2n) is 6.68. The van der Waals surface area contributed by atoms with Crippen LogP contribution in [0.3, 0.4) is 0 Å². The molecule has 1 aromatic heterocycles. The first-order chi connectivity index (χ1) is 10.2. The molecule has 6 nitrogen and oxygen atoms in total. The van der Waals surface area contributed by atoms with Crippen molar-refractivity contribution in [3.63, 3.8) is 0 Å². The van der Waals surface area contributed by atoms with Crippen LogP contribution >= 0.6 is 0 Å². The highest BCUT2D eigenvalue weighted by molar-refractivity contribution is 5.93. The Hall–Kier alpha value is -1.98. The van der Waals surface area contributed by atoms with Gasteiger partial charge in [-0.25, -0.2) is 4.79 Å². The fourth-order valence-electron chi connectivity index (χ4n) is 2.41. The summed E-state index contributed by atoms with van der Waals surface area (Å²) >= 11 is 0. The smallest absolute Gasteiger partial charge is 0.410 e. The SMILES string of the molecule is Cc1ccc(C(=O)N2CCN(C(=O)OC(C)(C)C)CC2)n1C. The van der Waals surface area contributed by atoms with Gasteiger partial charge in [0.25, 0.3) is 5.91 Å². The normalized spacial score (nSPS) is 15.9. The Kier molecular flexibility index (Phi) is 4.49. The molecule has 122 valence electrons. The van der Waals surface area contributed by atoms with Gasteiger partial charge in [-0.15, -0.1) is 0 Å². The van der Waals surface area contributed by atoms with Crippen molar-refractivity contribution in [2.24, 2.45) is 7.05 Å². The van der Waals surface area contributed by atoms with Crippen molar-refractivity contribution in [1.82, 2.24) is 14.4 Å². The molecule has 2 heterocycles. The number of aryl methyl sites for hydroxylation is 1. The minimum Gasteiger partial charge on any atom is -0.444 e. The predicted molar refractivity (Wildman–Crippen MR) is 83.9 cm³/mol. The van der Waals surface area contributed by atoms with Crippen molar-refractivity contribution in [1.29, 1.82) is 0 Å². The zero-order valence-corrected chi connectivity index (χ0v) is 14.0. The van der Waals surface area contributed by atoms with Crippen LogP contribution in [0.2, 0.25) is 0 Å². The van der Waals surface area contributed by atoms with Gasteiger partial charge in [0.05, 0.1) is 0 Å². The van der Waals surface area contributed by atoms with E-state index >= 15 is 0 Å².